The zero-order valence-corrected chi connectivity index (χ0v) is 14.6. The van der Waals surface area contributed by atoms with Crippen molar-refractivity contribution in [3.05, 3.63) is 30.1 Å². The molecule has 1 fully saturated rings. The first-order chi connectivity index (χ1) is 11.7. The van der Waals surface area contributed by atoms with Gasteiger partial charge in [0.1, 0.15) is 0 Å². The minimum atomic E-state index is -0.260. The van der Waals surface area contributed by atoms with Gasteiger partial charge < -0.3 is 9.64 Å². The molecule has 1 saturated heterocycles. The van der Waals surface area contributed by atoms with Gasteiger partial charge in [0.05, 0.1) is 13.0 Å². The summed E-state index contributed by atoms with van der Waals surface area (Å²) in [6.45, 7) is 7.39. The van der Waals surface area contributed by atoms with Crippen molar-refractivity contribution in [3.8, 4) is 0 Å². The SMILES string of the molecule is CCOC(=O)CCN(CC1CCCN1CC)C(=O)c1ccncc1. The summed E-state index contributed by atoms with van der Waals surface area (Å²) >= 11 is 0. The predicted molar refractivity (Wildman–Crippen MR) is 91.7 cm³/mol. The molecule has 2 heterocycles. The summed E-state index contributed by atoms with van der Waals surface area (Å²) in [7, 11) is 0. The van der Waals surface area contributed by atoms with E-state index in [9.17, 15) is 9.59 Å². The monoisotopic (exact) mass is 333 g/mol. The average molecular weight is 333 g/mol. The van der Waals surface area contributed by atoms with Gasteiger partial charge in [-0.3, -0.25) is 19.5 Å². The highest BCUT2D eigenvalue weighted by atomic mass is 16.5. The van der Waals surface area contributed by atoms with Gasteiger partial charge in [-0.1, -0.05) is 6.92 Å². The summed E-state index contributed by atoms with van der Waals surface area (Å²) in [5.74, 6) is -0.312. The van der Waals surface area contributed by atoms with Crippen LogP contribution in [0.2, 0.25) is 0 Å². The minimum Gasteiger partial charge on any atom is -0.466 e. The molecule has 132 valence electrons. The number of carbonyl (C=O) groups excluding carboxylic acids is 2. The maximum absolute atomic E-state index is 12.8. The van der Waals surface area contributed by atoms with E-state index >= 15 is 0 Å². The molecule has 0 saturated carbocycles. The highest BCUT2D eigenvalue weighted by Crippen LogP contribution is 2.19. The average Bonchev–Trinajstić information content (AvgIpc) is 3.06. The normalized spacial score (nSPS) is 17.7. The summed E-state index contributed by atoms with van der Waals surface area (Å²) in [6, 6.07) is 3.79. The Bertz CT molecular complexity index is 536. The molecule has 0 aliphatic carbocycles. The van der Waals surface area contributed by atoms with Gasteiger partial charge in [-0.05, 0) is 45.0 Å². The Hall–Kier alpha value is -1.95. The lowest BCUT2D eigenvalue weighted by Crippen LogP contribution is -2.44. The molecule has 1 unspecified atom stereocenters. The third-order valence-corrected chi connectivity index (χ3v) is 4.44. The number of likely N-dealkylation sites (N-methyl/N-ethyl adjacent to an activating group) is 1. The van der Waals surface area contributed by atoms with Crippen LogP contribution in [0.3, 0.4) is 0 Å². The zero-order chi connectivity index (χ0) is 17.4. The largest absolute Gasteiger partial charge is 0.466 e. The van der Waals surface area contributed by atoms with Crippen LogP contribution in [0, 0.1) is 0 Å². The van der Waals surface area contributed by atoms with Crippen LogP contribution >= 0.6 is 0 Å². The molecule has 1 aliphatic rings. The van der Waals surface area contributed by atoms with Crippen LogP contribution in [0.1, 0.15) is 43.5 Å². The molecular formula is C18H27N3O3. The van der Waals surface area contributed by atoms with Crippen molar-refractivity contribution in [1.29, 1.82) is 0 Å². The van der Waals surface area contributed by atoms with Crippen LogP contribution in [0.15, 0.2) is 24.5 Å². The van der Waals surface area contributed by atoms with Crippen LogP contribution in [-0.4, -0.2) is 65.5 Å². The lowest BCUT2D eigenvalue weighted by Gasteiger charge is -2.30. The molecule has 1 atom stereocenters. The first-order valence-corrected chi connectivity index (χ1v) is 8.74. The van der Waals surface area contributed by atoms with Gasteiger partial charge in [0, 0.05) is 37.1 Å². The Morgan fingerprint density at radius 1 is 1.33 bits per heavy atom. The Morgan fingerprint density at radius 2 is 2.08 bits per heavy atom. The molecule has 0 bridgehead atoms. The van der Waals surface area contributed by atoms with Crippen LogP contribution in [0.5, 0.6) is 0 Å². The van der Waals surface area contributed by atoms with E-state index in [4.69, 9.17) is 4.74 Å². The van der Waals surface area contributed by atoms with E-state index in [-0.39, 0.29) is 18.3 Å². The number of ether oxygens (including phenoxy) is 1. The first-order valence-electron chi connectivity index (χ1n) is 8.74. The number of carbonyl (C=O) groups is 2. The maximum Gasteiger partial charge on any atom is 0.307 e. The molecule has 0 spiro atoms. The summed E-state index contributed by atoms with van der Waals surface area (Å²) in [5, 5.41) is 0. The van der Waals surface area contributed by atoms with E-state index in [1.807, 2.05) is 0 Å². The fourth-order valence-corrected chi connectivity index (χ4v) is 3.18. The molecule has 2 rings (SSSR count). The molecule has 1 aromatic heterocycles. The number of esters is 1. The second-order valence-electron chi connectivity index (χ2n) is 5.97. The standard InChI is InChI=1S/C18H27N3O3/c1-3-20-12-5-6-16(20)14-21(13-9-17(22)24-4-2)18(23)15-7-10-19-11-8-15/h7-8,10-11,16H,3-6,9,12-14H2,1-2H3. The van der Waals surface area contributed by atoms with Gasteiger partial charge in [0.2, 0.25) is 0 Å². The Kier molecular flexibility index (Phi) is 7.18. The fraction of sp³-hybridized carbons (Fsp3) is 0.611. The van der Waals surface area contributed by atoms with Gasteiger partial charge >= 0.3 is 5.97 Å². The fourth-order valence-electron chi connectivity index (χ4n) is 3.18. The number of nitrogens with zero attached hydrogens (tertiary/aromatic N) is 3. The maximum atomic E-state index is 12.8. The van der Waals surface area contributed by atoms with Gasteiger partial charge in [-0.15, -0.1) is 0 Å². The van der Waals surface area contributed by atoms with Crippen LogP contribution in [0.4, 0.5) is 0 Å². The molecule has 1 aromatic rings. The van der Waals surface area contributed by atoms with E-state index < -0.39 is 0 Å². The van der Waals surface area contributed by atoms with Gasteiger partial charge in [0.15, 0.2) is 0 Å². The van der Waals surface area contributed by atoms with Gasteiger partial charge in [-0.25, -0.2) is 0 Å². The number of rotatable bonds is 8. The molecule has 0 radical (unpaired) electrons. The van der Waals surface area contributed by atoms with Crippen molar-refractivity contribution >= 4 is 11.9 Å². The summed E-state index contributed by atoms with van der Waals surface area (Å²) in [6.07, 6.45) is 5.71. The number of pyridine rings is 1. The smallest absolute Gasteiger partial charge is 0.307 e. The summed E-state index contributed by atoms with van der Waals surface area (Å²) in [4.78, 5) is 32.7. The third-order valence-electron chi connectivity index (χ3n) is 4.44. The number of aromatic nitrogens is 1. The van der Waals surface area contributed by atoms with E-state index in [0.717, 1.165) is 25.9 Å². The van der Waals surface area contributed by atoms with Crippen molar-refractivity contribution in [2.24, 2.45) is 0 Å². The van der Waals surface area contributed by atoms with Gasteiger partial charge in [-0.2, -0.15) is 0 Å². The second kappa shape index (κ2) is 9.37. The van der Waals surface area contributed by atoms with Crippen LogP contribution < -0.4 is 0 Å². The Labute approximate surface area is 143 Å². The van der Waals surface area contributed by atoms with Crippen molar-refractivity contribution < 1.29 is 14.3 Å². The van der Waals surface area contributed by atoms with Crippen molar-refractivity contribution in [3.63, 3.8) is 0 Å². The van der Waals surface area contributed by atoms with Crippen molar-refractivity contribution in [2.75, 3.05) is 32.8 Å². The topological polar surface area (TPSA) is 62.7 Å². The molecule has 6 heteroatoms. The van der Waals surface area contributed by atoms with Crippen LogP contribution in [0.25, 0.3) is 0 Å². The molecule has 1 aliphatic heterocycles. The molecule has 0 N–H and O–H groups in total. The molecule has 0 aromatic carbocycles. The van der Waals surface area contributed by atoms with E-state index in [1.54, 1.807) is 36.4 Å². The quantitative estimate of drug-likeness (QED) is 0.681. The zero-order valence-electron chi connectivity index (χ0n) is 14.6. The molecular weight excluding hydrogens is 306 g/mol. The summed E-state index contributed by atoms with van der Waals surface area (Å²) < 4.78 is 4.99. The highest BCUT2D eigenvalue weighted by molar-refractivity contribution is 5.94. The van der Waals surface area contributed by atoms with E-state index in [1.165, 1.54) is 0 Å². The lowest BCUT2D eigenvalue weighted by molar-refractivity contribution is -0.143. The number of hydrogen-bond donors (Lipinski definition) is 0. The Morgan fingerprint density at radius 3 is 2.75 bits per heavy atom. The third kappa shape index (κ3) is 5.03. The van der Waals surface area contributed by atoms with Crippen molar-refractivity contribution in [2.45, 2.75) is 39.2 Å². The van der Waals surface area contributed by atoms with E-state index in [2.05, 4.69) is 16.8 Å². The number of amides is 1. The minimum absolute atomic E-state index is 0.0512. The highest BCUT2D eigenvalue weighted by Gasteiger charge is 2.27. The van der Waals surface area contributed by atoms with Gasteiger partial charge in [0.25, 0.3) is 5.91 Å². The second-order valence-corrected chi connectivity index (χ2v) is 5.97. The number of likely N-dealkylation sites (tertiary alicyclic amines) is 1. The molecule has 1 amide bonds. The molecule has 6 nitrogen and oxygen atoms in total. The van der Waals surface area contributed by atoms with Crippen LogP contribution in [-0.2, 0) is 9.53 Å². The number of hydrogen-bond acceptors (Lipinski definition) is 5. The lowest BCUT2D eigenvalue weighted by atomic mass is 10.1. The molecule has 24 heavy (non-hydrogen) atoms. The Balaban J connectivity index is 2.05. The predicted octanol–water partition coefficient (Wildman–Crippen LogP) is 1.96. The first kappa shape index (κ1) is 18.4. The van der Waals surface area contributed by atoms with E-state index in [0.29, 0.717) is 31.3 Å². The summed E-state index contributed by atoms with van der Waals surface area (Å²) in [5.41, 5.74) is 0.606. The van der Waals surface area contributed by atoms with Crippen molar-refractivity contribution in [1.82, 2.24) is 14.8 Å².